The minimum absolute atomic E-state index is 0.218. The first-order valence-electron chi connectivity index (χ1n) is 7.82. The molecule has 0 saturated heterocycles. The van der Waals surface area contributed by atoms with Crippen LogP contribution >= 0.6 is 23.2 Å². The molecule has 0 aliphatic rings. The van der Waals surface area contributed by atoms with Crippen molar-refractivity contribution in [2.75, 3.05) is 5.32 Å². The van der Waals surface area contributed by atoms with Gasteiger partial charge < -0.3 is 14.2 Å². The number of nitro groups is 1. The fraction of sp³-hybridized carbons (Fsp3) is 0. The number of rotatable bonds is 4. The maximum Gasteiger partial charge on any atom is 0.433 e. The van der Waals surface area contributed by atoms with Gasteiger partial charge in [-0.1, -0.05) is 23.2 Å². The van der Waals surface area contributed by atoms with Crippen LogP contribution in [0.15, 0.2) is 57.4 Å². The van der Waals surface area contributed by atoms with E-state index < -0.39 is 16.7 Å². The van der Waals surface area contributed by atoms with E-state index in [4.69, 9.17) is 32.0 Å². The van der Waals surface area contributed by atoms with Crippen molar-refractivity contribution >= 4 is 51.8 Å². The van der Waals surface area contributed by atoms with E-state index >= 15 is 0 Å². The molecule has 2 aromatic heterocycles. The van der Waals surface area contributed by atoms with Crippen molar-refractivity contribution in [2.45, 2.75) is 0 Å². The van der Waals surface area contributed by atoms with E-state index in [-0.39, 0.29) is 16.5 Å². The van der Waals surface area contributed by atoms with Crippen LogP contribution in [0.4, 0.5) is 11.6 Å². The second-order valence-electron chi connectivity index (χ2n) is 5.67. The molecule has 1 N–H and O–H groups in total. The molecule has 2 heterocycles. The van der Waals surface area contributed by atoms with E-state index in [9.17, 15) is 14.9 Å². The minimum atomic E-state index is -0.732. The van der Waals surface area contributed by atoms with Crippen LogP contribution < -0.4 is 5.32 Å². The van der Waals surface area contributed by atoms with Gasteiger partial charge in [0.05, 0.1) is 16.8 Å². The summed E-state index contributed by atoms with van der Waals surface area (Å²) < 4.78 is 10.6. The molecule has 0 bridgehead atoms. The number of benzene rings is 2. The van der Waals surface area contributed by atoms with Crippen molar-refractivity contribution in [3.63, 3.8) is 0 Å². The molecular weight excluding hydrogens is 409 g/mol. The molecule has 1 amide bonds. The number of carbonyl (C=O) groups excluding carboxylic acids is 1. The molecule has 140 valence electrons. The highest BCUT2D eigenvalue weighted by Crippen LogP contribution is 2.31. The third-order valence-corrected chi connectivity index (χ3v) is 4.37. The molecule has 10 heteroatoms. The van der Waals surface area contributed by atoms with E-state index in [1.54, 1.807) is 36.4 Å². The Morgan fingerprint density at radius 3 is 2.64 bits per heavy atom. The van der Waals surface area contributed by atoms with Gasteiger partial charge in [-0.2, -0.15) is 0 Å². The molecule has 0 unspecified atom stereocenters. The molecule has 0 aliphatic carbocycles. The number of carbonyl (C=O) groups is 1. The average Bonchev–Trinajstić information content (AvgIpc) is 3.30. The predicted octanol–water partition coefficient (Wildman–Crippen LogP) is 5.56. The zero-order valence-electron chi connectivity index (χ0n) is 13.8. The lowest BCUT2D eigenvalue weighted by Crippen LogP contribution is -2.11. The van der Waals surface area contributed by atoms with Crippen LogP contribution in [0.5, 0.6) is 0 Å². The quantitative estimate of drug-likeness (QED) is 0.343. The third kappa shape index (κ3) is 3.42. The molecule has 0 aliphatic heterocycles. The molecule has 2 aromatic carbocycles. The summed E-state index contributed by atoms with van der Waals surface area (Å²) in [6.07, 6.45) is 0. The number of hydrogen-bond acceptors (Lipinski definition) is 6. The Balaban J connectivity index is 1.64. The first-order chi connectivity index (χ1) is 13.4. The highest BCUT2D eigenvalue weighted by Gasteiger charge is 2.19. The van der Waals surface area contributed by atoms with Crippen LogP contribution in [0.2, 0.25) is 10.0 Å². The molecule has 0 fully saturated rings. The van der Waals surface area contributed by atoms with E-state index in [0.29, 0.717) is 27.6 Å². The largest absolute Gasteiger partial charge is 0.436 e. The summed E-state index contributed by atoms with van der Waals surface area (Å²) in [4.78, 5) is 26.6. The molecule has 4 aromatic rings. The van der Waals surface area contributed by atoms with Gasteiger partial charge in [-0.25, -0.2) is 4.98 Å². The van der Waals surface area contributed by atoms with Crippen molar-refractivity contribution in [3.8, 4) is 11.5 Å². The normalized spacial score (nSPS) is 10.9. The standard InChI is InChI=1S/C18H9Cl2N3O5/c19-10-2-4-14-13(8-10)22-18(28-14)9-1-3-11(20)12(7-9)21-17(24)15-5-6-16(27-15)23(25)26/h1-8H,(H,21,24). The van der Waals surface area contributed by atoms with Gasteiger partial charge in [0, 0.05) is 10.6 Å². The second kappa shape index (κ2) is 6.99. The Labute approximate surface area is 166 Å². The van der Waals surface area contributed by atoms with Gasteiger partial charge in [-0.05, 0) is 42.5 Å². The Morgan fingerprint density at radius 1 is 1.07 bits per heavy atom. The summed E-state index contributed by atoms with van der Waals surface area (Å²) >= 11 is 12.1. The second-order valence-corrected chi connectivity index (χ2v) is 6.52. The molecule has 8 nitrogen and oxygen atoms in total. The van der Waals surface area contributed by atoms with E-state index in [0.717, 1.165) is 6.07 Å². The van der Waals surface area contributed by atoms with Crippen molar-refractivity contribution in [3.05, 3.63) is 74.5 Å². The maximum absolute atomic E-state index is 12.3. The van der Waals surface area contributed by atoms with Crippen molar-refractivity contribution in [2.24, 2.45) is 0 Å². The lowest BCUT2D eigenvalue weighted by atomic mass is 10.2. The number of nitrogens with zero attached hydrogens (tertiary/aromatic N) is 2. The number of hydrogen-bond donors (Lipinski definition) is 1. The number of aromatic nitrogens is 1. The Kier molecular flexibility index (Phi) is 4.50. The zero-order valence-corrected chi connectivity index (χ0v) is 15.3. The summed E-state index contributed by atoms with van der Waals surface area (Å²) in [5, 5.41) is 14.0. The first kappa shape index (κ1) is 18.0. The highest BCUT2D eigenvalue weighted by atomic mass is 35.5. The monoisotopic (exact) mass is 417 g/mol. The number of anilines is 1. The summed E-state index contributed by atoms with van der Waals surface area (Å²) in [6, 6.07) is 12.2. The van der Waals surface area contributed by atoms with Crippen LogP contribution in [-0.4, -0.2) is 15.8 Å². The highest BCUT2D eigenvalue weighted by molar-refractivity contribution is 6.34. The van der Waals surface area contributed by atoms with Crippen molar-refractivity contribution < 1.29 is 18.6 Å². The topological polar surface area (TPSA) is 111 Å². The fourth-order valence-electron chi connectivity index (χ4n) is 2.51. The van der Waals surface area contributed by atoms with Crippen LogP contribution in [0.3, 0.4) is 0 Å². The van der Waals surface area contributed by atoms with Gasteiger partial charge in [-0.15, -0.1) is 0 Å². The summed E-state index contributed by atoms with van der Waals surface area (Å²) in [5.41, 5.74) is 1.98. The van der Waals surface area contributed by atoms with Gasteiger partial charge in [0.2, 0.25) is 5.89 Å². The van der Waals surface area contributed by atoms with E-state index in [1.807, 2.05) is 0 Å². The molecule has 4 rings (SSSR count). The van der Waals surface area contributed by atoms with Crippen LogP contribution in [0.25, 0.3) is 22.6 Å². The summed E-state index contributed by atoms with van der Waals surface area (Å²) in [5.74, 6) is -1.12. The lowest BCUT2D eigenvalue weighted by Gasteiger charge is -2.07. The number of furan rings is 1. The van der Waals surface area contributed by atoms with Crippen molar-refractivity contribution in [1.29, 1.82) is 0 Å². The molecule has 28 heavy (non-hydrogen) atoms. The van der Waals surface area contributed by atoms with Gasteiger partial charge in [-0.3, -0.25) is 14.9 Å². The Hall–Kier alpha value is -3.36. The maximum atomic E-state index is 12.3. The minimum Gasteiger partial charge on any atom is -0.436 e. The van der Waals surface area contributed by atoms with Crippen LogP contribution in [0.1, 0.15) is 10.6 Å². The molecular formula is C18H9Cl2N3O5. The SMILES string of the molecule is O=C(Nc1cc(-c2nc3cc(Cl)ccc3o2)ccc1Cl)c1ccc([N+](=O)[O-])o1. The van der Waals surface area contributed by atoms with Gasteiger partial charge >= 0.3 is 5.88 Å². The zero-order chi connectivity index (χ0) is 19.8. The number of halogens is 2. The number of oxazole rings is 1. The molecule has 0 atom stereocenters. The summed E-state index contributed by atoms with van der Waals surface area (Å²) in [6.45, 7) is 0. The molecule has 0 saturated carbocycles. The Bertz CT molecular complexity index is 1230. The van der Waals surface area contributed by atoms with Crippen LogP contribution in [0, 0.1) is 10.1 Å². The van der Waals surface area contributed by atoms with Gasteiger partial charge in [0.15, 0.2) is 11.3 Å². The number of nitrogens with one attached hydrogen (secondary N) is 1. The lowest BCUT2D eigenvalue weighted by molar-refractivity contribution is -0.402. The first-order valence-corrected chi connectivity index (χ1v) is 8.58. The van der Waals surface area contributed by atoms with Gasteiger partial charge in [0.25, 0.3) is 5.91 Å². The third-order valence-electron chi connectivity index (χ3n) is 3.81. The number of fused-ring (bicyclic) bond motifs is 1. The van der Waals surface area contributed by atoms with E-state index in [2.05, 4.69) is 10.3 Å². The smallest absolute Gasteiger partial charge is 0.433 e. The predicted molar refractivity (Wildman–Crippen MR) is 103 cm³/mol. The van der Waals surface area contributed by atoms with E-state index in [1.165, 1.54) is 6.07 Å². The van der Waals surface area contributed by atoms with Gasteiger partial charge in [0.1, 0.15) is 10.4 Å². The Morgan fingerprint density at radius 2 is 1.89 bits per heavy atom. The molecule has 0 spiro atoms. The molecule has 0 radical (unpaired) electrons. The van der Waals surface area contributed by atoms with Crippen molar-refractivity contribution in [1.82, 2.24) is 4.98 Å². The van der Waals surface area contributed by atoms with Crippen LogP contribution in [-0.2, 0) is 0 Å². The number of amides is 1. The summed E-state index contributed by atoms with van der Waals surface area (Å²) in [7, 11) is 0. The average molecular weight is 418 g/mol. The fourth-order valence-corrected chi connectivity index (χ4v) is 2.84.